The molecule has 3 nitrogen and oxygen atoms in total. The second-order valence-corrected chi connectivity index (χ2v) is 4.81. The van der Waals surface area contributed by atoms with Crippen molar-refractivity contribution in [1.29, 1.82) is 0 Å². The highest BCUT2D eigenvalue weighted by Crippen LogP contribution is 2.43. The molecule has 0 unspecified atom stereocenters. The average molecular weight is 368 g/mol. The smallest absolute Gasteiger partial charge is 0.408 e. The van der Waals surface area contributed by atoms with Crippen molar-refractivity contribution in [2.24, 2.45) is 0 Å². The molecule has 0 saturated carbocycles. The summed E-state index contributed by atoms with van der Waals surface area (Å²) in [6.45, 7) is 1.54. The van der Waals surface area contributed by atoms with E-state index < -0.39 is 18.0 Å². The van der Waals surface area contributed by atoms with E-state index in [0.717, 1.165) is 0 Å². The van der Waals surface area contributed by atoms with Crippen LogP contribution in [0.1, 0.15) is 11.6 Å². The SMILES string of the molecule is Cl.Cl.Oc1c(Cl)cccc1[C@@H](N1CCNCC1)C(F)(F)F. The summed E-state index contributed by atoms with van der Waals surface area (Å²) >= 11 is 5.70. The summed E-state index contributed by atoms with van der Waals surface area (Å²) in [6, 6.07) is 2.22. The first-order valence-corrected chi connectivity index (χ1v) is 6.28. The quantitative estimate of drug-likeness (QED) is 0.841. The number of piperazine rings is 1. The Labute approximate surface area is 138 Å². The number of hydrogen-bond acceptors (Lipinski definition) is 3. The Morgan fingerprint density at radius 1 is 1.19 bits per heavy atom. The van der Waals surface area contributed by atoms with E-state index in [0.29, 0.717) is 13.1 Å². The summed E-state index contributed by atoms with van der Waals surface area (Å²) in [7, 11) is 0. The van der Waals surface area contributed by atoms with E-state index in [4.69, 9.17) is 11.6 Å². The number of aromatic hydroxyl groups is 1. The molecule has 2 rings (SSSR count). The van der Waals surface area contributed by atoms with Crippen LogP contribution in [0.15, 0.2) is 18.2 Å². The average Bonchev–Trinajstić information content (AvgIpc) is 2.35. The molecular formula is C12H16Cl3F3N2O. The summed E-state index contributed by atoms with van der Waals surface area (Å²) < 4.78 is 39.9. The number of phenols is 1. The highest BCUT2D eigenvalue weighted by molar-refractivity contribution is 6.32. The van der Waals surface area contributed by atoms with Crippen molar-refractivity contribution < 1.29 is 18.3 Å². The van der Waals surface area contributed by atoms with Gasteiger partial charge < -0.3 is 10.4 Å². The number of phenolic OH excluding ortho intramolecular Hbond substituents is 1. The van der Waals surface area contributed by atoms with Crippen molar-refractivity contribution in [3.8, 4) is 5.75 Å². The van der Waals surface area contributed by atoms with Crippen LogP contribution >= 0.6 is 36.4 Å². The van der Waals surface area contributed by atoms with E-state index in [2.05, 4.69) is 5.32 Å². The zero-order chi connectivity index (χ0) is 14.0. The van der Waals surface area contributed by atoms with Crippen LogP contribution in [0.25, 0.3) is 0 Å². The topological polar surface area (TPSA) is 35.5 Å². The van der Waals surface area contributed by atoms with Gasteiger partial charge in [0.05, 0.1) is 5.02 Å². The number of nitrogens with zero attached hydrogens (tertiary/aromatic N) is 1. The molecule has 1 heterocycles. The number of hydrogen-bond donors (Lipinski definition) is 2. The lowest BCUT2D eigenvalue weighted by Gasteiger charge is -2.36. The Kier molecular flexibility index (Phi) is 8.13. The highest BCUT2D eigenvalue weighted by Gasteiger charge is 2.46. The molecule has 0 radical (unpaired) electrons. The third-order valence-electron chi connectivity index (χ3n) is 3.14. The largest absolute Gasteiger partial charge is 0.506 e. The van der Waals surface area contributed by atoms with Crippen molar-refractivity contribution in [3.05, 3.63) is 28.8 Å². The number of halogens is 6. The maximum Gasteiger partial charge on any atom is 0.408 e. The molecular weight excluding hydrogens is 351 g/mol. The van der Waals surface area contributed by atoms with Gasteiger partial charge in [-0.2, -0.15) is 13.2 Å². The molecule has 1 aliphatic rings. The van der Waals surface area contributed by atoms with Gasteiger partial charge in [-0.3, -0.25) is 4.90 Å². The molecule has 1 aliphatic heterocycles. The molecule has 9 heteroatoms. The Morgan fingerprint density at radius 3 is 2.29 bits per heavy atom. The van der Waals surface area contributed by atoms with Crippen molar-refractivity contribution in [1.82, 2.24) is 10.2 Å². The van der Waals surface area contributed by atoms with E-state index >= 15 is 0 Å². The van der Waals surface area contributed by atoms with Gasteiger partial charge in [0.15, 0.2) is 0 Å². The van der Waals surface area contributed by atoms with Gasteiger partial charge >= 0.3 is 6.18 Å². The highest BCUT2D eigenvalue weighted by atomic mass is 35.5. The van der Waals surface area contributed by atoms with Crippen LogP contribution < -0.4 is 5.32 Å². The second kappa shape index (κ2) is 8.29. The van der Waals surface area contributed by atoms with Crippen molar-refractivity contribution >= 4 is 36.4 Å². The Morgan fingerprint density at radius 2 is 1.76 bits per heavy atom. The fraction of sp³-hybridized carbons (Fsp3) is 0.500. The van der Waals surface area contributed by atoms with E-state index in [1.807, 2.05) is 0 Å². The van der Waals surface area contributed by atoms with Crippen molar-refractivity contribution in [3.63, 3.8) is 0 Å². The lowest BCUT2D eigenvalue weighted by atomic mass is 10.0. The minimum absolute atomic E-state index is 0. The number of alkyl halides is 3. The molecule has 1 atom stereocenters. The summed E-state index contributed by atoms with van der Waals surface area (Å²) in [5.41, 5.74) is -0.193. The lowest BCUT2D eigenvalue weighted by molar-refractivity contribution is -0.188. The van der Waals surface area contributed by atoms with Gasteiger partial charge in [-0.1, -0.05) is 23.7 Å². The molecule has 1 aromatic carbocycles. The molecule has 0 spiro atoms. The van der Waals surface area contributed by atoms with E-state index in [1.54, 1.807) is 0 Å². The first kappa shape index (κ1) is 20.6. The number of nitrogens with one attached hydrogen (secondary N) is 1. The van der Waals surface area contributed by atoms with Crippen LogP contribution in [-0.4, -0.2) is 42.4 Å². The van der Waals surface area contributed by atoms with Gasteiger partial charge in [-0.15, -0.1) is 24.8 Å². The van der Waals surface area contributed by atoms with Crippen LogP contribution in [0, 0.1) is 0 Å². The zero-order valence-electron chi connectivity index (χ0n) is 10.9. The molecule has 1 saturated heterocycles. The fourth-order valence-corrected chi connectivity index (χ4v) is 2.45. The van der Waals surface area contributed by atoms with E-state index in [1.165, 1.54) is 23.1 Å². The summed E-state index contributed by atoms with van der Waals surface area (Å²) in [4.78, 5) is 1.31. The monoisotopic (exact) mass is 366 g/mol. The van der Waals surface area contributed by atoms with Crippen LogP contribution in [0.2, 0.25) is 5.02 Å². The minimum Gasteiger partial charge on any atom is -0.506 e. The normalized spacial score (nSPS) is 17.5. The molecule has 2 N–H and O–H groups in total. The predicted octanol–water partition coefficient (Wildman–Crippen LogP) is 3.40. The third kappa shape index (κ3) is 4.79. The molecule has 122 valence electrons. The molecule has 0 aromatic heterocycles. The number of para-hydroxylation sites is 1. The number of benzene rings is 1. The predicted molar refractivity (Wildman–Crippen MR) is 80.9 cm³/mol. The molecule has 0 bridgehead atoms. The standard InChI is InChI=1S/C12H14ClF3N2O.2ClH/c13-9-3-1-2-8(10(9)19)11(12(14,15)16)18-6-4-17-5-7-18;;/h1-3,11,17,19H,4-7H2;2*1H/t11-;;/m1../s1. The number of rotatable bonds is 2. The second-order valence-electron chi connectivity index (χ2n) is 4.41. The first-order valence-electron chi connectivity index (χ1n) is 5.90. The van der Waals surface area contributed by atoms with Gasteiger partial charge in [0.25, 0.3) is 0 Å². The molecule has 0 amide bonds. The van der Waals surface area contributed by atoms with Crippen LogP contribution in [0.3, 0.4) is 0 Å². The van der Waals surface area contributed by atoms with E-state index in [-0.39, 0.29) is 48.5 Å². The summed E-state index contributed by atoms with van der Waals surface area (Å²) in [6.07, 6.45) is -4.46. The Balaban J connectivity index is 0.00000200. The van der Waals surface area contributed by atoms with Crippen LogP contribution in [0.4, 0.5) is 13.2 Å². The first-order chi connectivity index (χ1) is 8.91. The third-order valence-corrected chi connectivity index (χ3v) is 3.44. The molecule has 21 heavy (non-hydrogen) atoms. The van der Waals surface area contributed by atoms with Crippen LogP contribution in [0.5, 0.6) is 5.75 Å². The maximum absolute atomic E-state index is 13.3. The van der Waals surface area contributed by atoms with Gasteiger partial charge in [-0.05, 0) is 6.07 Å². The molecule has 1 aromatic rings. The van der Waals surface area contributed by atoms with Gasteiger partial charge in [0.1, 0.15) is 11.8 Å². The molecule has 1 fully saturated rings. The summed E-state index contributed by atoms with van der Waals surface area (Å²) in [5, 5.41) is 12.7. The zero-order valence-corrected chi connectivity index (χ0v) is 13.2. The van der Waals surface area contributed by atoms with Crippen molar-refractivity contribution in [2.45, 2.75) is 12.2 Å². The molecule has 0 aliphatic carbocycles. The van der Waals surface area contributed by atoms with Crippen LogP contribution in [-0.2, 0) is 0 Å². The fourth-order valence-electron chi connectivity index (χ4n) is 2.27. The Bertz CT molecular complexity index is 454. The Hall–Kier alpha value is -0.400. The lowest BCUT2D eigenvalue weighted by Crippen LogP contribution is -2.49. The minimum atomic E-state index is -4.46. The van der Waals surface area contributed by atoms with Crippen molar-refractivity contribution in [2.75, 3.05) is 26.2 Å². The van der Waals surface area contributed by atoms with Gasteiger partial charge in [0.2, 0.25) is 0 Å². The van der Waals surface area contributed by atoms with E-state index in [9.17, 15) is 18.3 Å². The van der Waals surface area contributed by atoms with Gasteiger partial charge in [-0.25, -0.2) is 0 Å². The maximum atomic E-state index is 13.3. The summed E-state index contributed by atoms with van der Waals surface area (Å²) in [5.74, 6) is -0.495. The van der Waals surface area contributed by atoms with Gasteiger partial charge in [0, 0.05) is 31.7 Å².